The molecule has 8 nitrogen and oxygen atoms in total. The van der Waals surface area contributed by atoms with Gasteiger partial charge in [0.25, 0.3) is 5.69 Å². The number of ether oxygens (including phenoxy) is 2. The summed E-state index contributed by atoms with van der Waals surface area (Å²) >= 11 is 0. The number of rotatable bonds is 7. The van der Waals surface area contributed by atoms with Crippen molar-refractivity contribution in [3.8, 4) is 5.75 Å². The number of hydrogen-bond donors (Lipinski definition) is 0. The predicted octanol–water partition coefficient (Wildman–Crippen LogP) is 1.79. The largest absolute Gasteiger partial charge is 0.495 e. The van der Waals surface area contributed by atoms with Gasteiger partial charge in [-0.2, -0.15) is 4.31 Å². The summed E-state index contributed by atoms with van der Waals surface area (Å²) in [5.74, 6) is 0.0846. The van der Waals surface area contributed by atoms with Gasteiger partial charge in [-0.3, -0.25) is 10.1 Å². The van der Waals surface area contributed by atoms with Crippen molar-refractivity contribution in [2.45, 2.75) is 30.8 Å². The number of non-ortho nitro benzene ring substituents is 1. The molecule has 1 aliphatic rings. The van der Waals surface area contributed by atoms with E-state index >= 15 is 0 Å². The summed E-state index contributed by atoms with van der Waals surface area (Å²) < 4.78 is 37.6. The molecule has 0 amide bonds. The van der Waals surface area contributed by atoms with Crippen LogP contribution in [0.4, 0.5) is 5.69 Å². The first-order valence-corrected chi connectivity index (χ1v) is 8.78. The molecule has 1 aromatic carbocycles. The second kappa shape index (κ2) is 7.24. The van der Waals surface area contributed by atoms with Crippen LogP contribution in [0.3, 0.4) is 0 Å². The van der Waals surface area contributed by atoms with Crippen LogP contribution in [-0.2, 0) is 14.8 Å². The highest BCUT2D eigenvalue weighted by molar-refractivity contribution is 7.89. The third-order valence-corrected chi connectivity index (χ3v) is 5.72. The van der Waals surface area contributed by atoms with E-state index in [-0.39, 0.29) is 35.5 Å². The average Bonchev–Trinajstić information content (AvgIpc) is 3.04. The first-order valence-electron chi connectivity index (χ1n) is 7.34. The summed E-state index contributed by atoms with van der Waals surface area (Å²) in [6.07, 6.45) is 1.56. The molecule has 1 heterocycles. The Bertz CT molecular complexity index is 670. The van der Waals surface area contributed by atoms with E-state index in [0.29, 0.717) is 6.61 Å². The highest BCUT2D eigenvalue weighted by atomic mass is 32.2. The molecule has 1 atom stereocenters. The minimum absolute atomic E-state index is 0.0846. The van der Waals surface area contributed by atoms with Gasteiger partial charge in [-0.05, 0) is 18.9 Å². The van der Waals surface area contributed by atoms with Gasteiger partial charge >= 0.3 is 0 Å². The van der Waals surface area contributed by atoms with Crippen LogP contribution in [0.5, 0.6) is 5.75 Å². The van der Waals surface area contributed by atoms with Crippen LogP contribution in [0.15, 0.2) is 23.1 Å². The third kappa shape index (κ3) is 3.80. The van der Waals surface area contributed by atoms with E-state index in [2.05, 4.69) is 0 Å². The molecule has 0 radical (unpaired) electrons. The fraction of sp³-hybridized carbons (Fsp3) is 0.571. The van der Waals surface area contributed by atoms with E-state index in [1.165, 1.54) is 23.5 Å². The number of nitro groups is 1. The van der Waals surface area contributed by atoms with E-state index in [0.717, 1.165) is 18.9 Å². The molecule has 9 heteroatoms. The number of sulfonamides is 1. The number of nitro benzene ring substituents is 1. The monoisotopic (exact) mass is 344 g/mol. The average molecular weight is 344 g/mol. The van der Waals surface area contributed by atoms with Gasteiger partial charge in [-0.25, -0.2) is 8.42 Å². The summed E-state index contributed by atoms with van der Waals surface area (Å²) in [5, 5.41) is 10.9. The molecular formula is C14H20N2O6S. The lowest BCUT2D eigenvalue weighted by atomic mass is 10.2. The van der Waals surface area contributed by atoms with Crippen LogP contribution in [0.25, 0.3) is 0 Å². The molecule has 1 saturated heterocycles. The molecule has 0 spiro atoms. The highest BCUT2D eigenvalue weighted by Crippen LogP contribution is 2.31. The van der Waals surface area contributed by atoms with E-state index in [1.54, 1.807) is 6.92 Å². The summed E-state index contributed by atoms with van der Waals surface area (Å²) in [6.45, 7) is 2.82. The Balaban J connectivity index is 2.39. The SMILES string of the molecule is CCN(CC1CCCO1)S(=O)(=O)c1cc([N+](=O)[O-])ccc1OC. The predicted molar refractivity (Wildman–Crippen MR) is 83.1 cm³/mol. The third-order valence-electron chi connectivity index (χ3n) is 3.76. The molecule has 0 bridgehead atoms. The van der Waals surface area contributed by atoms with E-state index in [9.17, 15) is 18.5 Å². The molecule has 23 heavy (non-hydrogen) atoms. The molecule has 2 rings (SSSR count). The lowest BCUT2D eigenvalue weighted by Gasteiger charge is -2.24. The van der Waals surface area contributed by atoms with Gasteiger partial charge in [-0.1, -0.05) is 6.92 Å². The Labute approximate surface area is 135 Å². The zero-order valence-corrected chi connectivity index (χ0v) is 13.9. The van der Waals surface area contributed by atoms with E-state index in [1.807, 2.05) is 0 Å². The Morgan fingerprint density at radius 1 is 1.48 bits per heavy atom. The van der Waals surface area contributed by atoms with Crippen molar-refractivity contribution in [1.82, 2.24) is 4.31 Å². The lowest BCUT2D eigenvalue weighted by molar-refractivity contribution is -0.385. The Morgan fingerprint density at radius 2 is 2.22 bits per heavy atom. The molecule has 0 N–H and O–H groups in total. The summed E-state index contributed by atoms with van der Waals surface area (Å²) in [5.41, 5.74) is -0.294. The smallest absolute Gasteiger partial charge is 0.271 e. The topological polar surface area (TPSA) is 99.0 Å². The first kappa shape index (κ1) is 17.6. The molecule has 1 aliphatic heterocycles. The number of methoxy groups -OCH3 is 1. The van der Waals surface area contributed by atoms with Crippen molar-refractivity contribution in [3.63, 3.8) is 0 Å². The van der Waals surface area contributed by atoms with Gasteiger partial charge in [0, 0.05) is 31.8 Å². The first-order chi connectivity index (χ1) is 10.9. The molecule has 0 aliphatic carbocycles. The van der Waals surface area contributed by atoms with Crippen LogP contribution < -0.4 is 4.74 Å². The van der Waals surface area contributed by atoms with Crippen molar-refractivity contribution in [1.29, 1.82) is 0 Å². The van der Waals surface area contributed by atoms with E-state index in [4.69, 9.17) is 9.47 Å². The van der Waals surface area contributed by atoms with Gasteiger partial charge in [0.1, 0.15) is 10.6 Å². The molecule has 0 aromatic heterocycles. The number of benzene rings is 1. The second-order valence-electron chi connectivity index (χ2n) is 5.18. The Hall–Kier alpha value is -1.71. The lowest BCUT2D eigenvalue weighted by Crippen LogP contribution is -2.37. The summed E-state index contributed by atoms with van der Waals surface area (Å²) in [4.78, 5) is 10.1. The molecule has 128 valence electrons. The fourth-order valence-electron chi connectivity index (χ4n) is 2.53. The van der Waals surface area contributed by atoms with Crippen molar-refractivity contribution in [2.75, 3.05) is 26.8 Å². The van der Waals surface area contributed by atoms with Crippen LogP contribution in [0, 0.1) is 10.1 Å². The molecule has 0 saturated carbocycles. The second-order valence-corrected chi connectivity index (χ2v) is 7.09. The van der Waals surface area contributed by atoms with Gasteiger partial charge in [0.05, 0.1) is 18.1 Å². The van der Waals surface area contributed by atoms with Crippen molar-refractivity contribution < 1.29 is 22.8 Å². The van der Waals surface area contributed by atoms with E-state index < -0.39 is 14.9 Å². The molecule has 1 unspecified atom stereocenters. The number of hydrogen-bond acceptors (Lipinski definition) is 6. The summed E-state index contributed by atoms with van der Waals surface area (Å²) in [7, 11) is -2.58. The highest BCUT2D eigenvalue weighted by Gasteiger charge is 2.31. The normalized spacial score (nSPS) is 18.3. The van der Waals surface area contributed by atoms with Gasteiger partial charge in [-0.15, -0.1) is 0 Å². The summed E-state index contributed by atoms with van der Waals surface area (Å²) in [6, 6.07) is 3.55. The van der Waals surface area contributed by atoms with Gasteiger partial charge in [0.2, 0.25) is 10.0 Å². The minimum Gasteiger partial charge on any atom is -0.495 e. The fourth-order valence-corrected chi connectivity index (χ4v) is 4.19. The maximum absolute atomic E-state index is 12.9. The molecular weight excluding hydrogens is 324 g/mol. The number of likely N-dealkylation sites (N-methyl/N-ethyl adjacent to an activating group) is 1. The maximum atomic E-state index is 12.9. The van der Waals surface area contributed by atoms with Crippen LogP contribution >= 0.6 is 0 Å². The number of nitrogens with zero attached hydrogens (tertiary/aromatic N) is 2. The van der Waals surface area contributed by atoms with Crippen molar-refractivity contribution in [2.24, 2.45) is 0 Å². The Morgan fingerprint density at radius 3 is 2.74 bits per heavy atom. The van der Waals surface area contributed by atoms with Crippen molar-refractivity contribution in [3.05, 3.63) is 28.3 Å². The standard InChI is InChI=1S/C14H20N2O6S/c1-3-15(10-12-5-4-8-22-12)23(19,20)14-9-11(16(17)18)6-7-13(14)21-2/h6-7,9,12H,3-5,8,10H2,1-2H3. The molecule has 1 fully saturated rings. The Kier molecular flexibility index (Phi) is 5.55. The maximum Gasteiger partial charge on any atom is 0.271 e. The van der Waals surface area contributed by atoms with Crippen molar-refractivity contribution >= 4 is 15.7 Å². The minimum atomic E-state index is -3.91. The van der Waals surface area contributed by atoms with Gasteiger partial charge in [0.15, 0.2) is 0 Å². The zero-order valence-electron chi connectivity index (χ0n) is 13.1. The zero-order chi connectivity index (χ0) is 17.0. The van der Waals surface area contributed by atoms with Crippen LogP contribution in [-0.4, -0.2) is 50.6 Å². The van der Waals surface area contributed by atoms with Crippen LogP contribution in [0.2, 0.25) is 0 Å². The van der Waals surface area contributed by atoms with Gasteiger partial charge < -0.3 is 9.47 Å². The quantitative estimate of drug-likeness (QED) is 0.552. The molecule has 1 aromatic rings. The van der Waals surface area contributed by atoms with Crippen LogP contribution in [0.1, 0.15) is 19.8 Å².